The predicted octanol–water partition coefficient (Wildman–Crippen LogP) is 6.38. The maximum atomic E-state index is 14.2. The van der Waals surface area contributed by atoms with E-state index < -0.39 is 27.8 Å². The van der Waals surface area contributed by atoms with Gasteiger partial charge in [0.1, 0.15) is 5.82 Å². The molecule has 1 fully saturated rings. The number of imidazole rings is 1. The first-order chi connectivity index (χ1) is 20.9. The number of benzene rings is 3. The Morgan fingerprint density at radius 3 is 2.45 bits per heavy atom. The van der Waals surface area contributed by atoms with E-state index in [-0.39, 0.29) is 35.1 Å². The van der Waals surface area contributed by atoms with E-state index in [0.29, 0.717) is 17.9 Å². The van der Waals surface area contributed by atoms with Crippen molar-refractivity contribution in [3.8, 4) is 0 Å². The summed E-state index contributed by atoms with van der Waals surface area (Å²) in [5.41, 5.74) is 2.57. The summed E-state index contributed by atoms with van der Waals surface area (Å²) in [5.74, 6) is 0.748. The summed E-state index contributed by atoms with van der Waals surface area (Å²) in [6.45, 7) is 2.33. The van der Waals surface area contributed by atoms with Crippen LogP contribution in [0.1, 0.15) is 59.8 Å². The topological polar surface area (TPSA) is 84.3 Å². The number of hydrogen-bond acceptors (Lipinski definition) is 4. The minimum absolute atomic E-state index is 0.0213. The molecule has 11 heteroatoms. The molecule has 4 atom stereocenters. The number of nitrogens with one attached hydrogen (secondary N) is 1. The lowest BCUT2D eigenvalue weighted by atomic mass is 9.87. The van der Waals surface area contributed by atoms with Crippen LogP contribution < -0.4 is 9.62 Å². The number of nitrogens with zero attached hydrogens (tertiary/aromatic N) is 3. The normalized spacial score (nSPS) is 21.5. The average Bonchev–Trinajstić information content (AvgIpc) is 3.51. The summed E-state index contributed by atoms with van der Waals surface area (Å²) in [6, 6.07) is 18.6. The Labute approximate surface area is 254 Å². The molecular weight excluding hydrogens is 589 g/mol. The van der Waals surface area contributed by atoms with Gasteiger partial charge in [-0.25, -0.2) is 18.1 Å². The zero-order valence-electron chi connectivity index (χ0n) is 24.3. The first-order valence-electron chi connectivity index (χ1n) is 14.6. The largest absolute Gasteiger partial charge is 0.416 e. The minimum Gasteiger partial charge on any atom is -0.337 e. The second-order valence-corrected chi connectivity index (χ2v) is 13.4. The van der Waals surface area contributed by atoms with E-state index in [2.05, 4.69) is 16.6 Å². The lowest BCUT2D eigenvalue weighted by Crippen LogP contribution is -2.34. The van der Waals surface area contributed by atoms with Crippen molar-refractivity contribution in [2.24, 2.45) is 18.9 Å². The van der Waals surface area contributed by atoms with Crippen molar-refractivity contribution in [1.82, 2.24) is 14.3 Å². The molecule has 2 aliphatic carbocycles. The Kier molecular flexibility index (Phi) is 7.87. The first-order valence-corrected chi connectivity index (χ1v) is 16.1. The molecule has 4 aromatic rings. The molecule has 6 rings (SSSR count). The van der Waals surface area contributed by atoms with Crippen LogP contribution in [0.5, 0.6) is 0 Å². The minimum atomic E-state index is -4.56. The van der Waals surface area contributed by atoms with Crippen LogP contribution >= 0.6 is 0 Å². The third kappa shape index (κ3) is 5.90. The molecule has 44 heavy (non-hydrogen) atoms. The summed E-state index contributed by atoms with van der Waals surface area (Å²) in [5, 5.41) is 0. The van der Waals surface area contributed by atoms with Crippen LogP contribution in [0.4, 0.5) is 18.9 Å². The van der Waals surface area contributed by atoms with Crippen LogP contribution in [0.3, 0.4) is 0 Å². The average molecular weight is 623 g/mol. The summed E-state index contributed by atoms with van der Waals surface area (Å²) >= 11 is 0. The van der Waals surface area contributed by atoms with Gasteiger partial charge in [-0.3, -0.25) is 4.79 Å². The molecule has 7 nitrogen and oxygen atoms in total. The number of hydrogen-bond donors (Lipinski definition) is 1. The molecule has 230 valence electrons. The van der Waals surface area contributed by atoms with Gasteiger partial charge in [-0.1, -0.05) is 43.3 Å². The Bertz CT molecular complexity index is 1770. The fourth-order valence-corrected chi connectivity index (χ4v) is 7.60. The number of alkyl halides is 3. The van der Waals surface area contributed by atoms with Gasteiger partial charge >= 0.3 is 6.18 Å². The van der Waals surface area contributed by atoms with E-state index in [1.165, 1.54) is 0 Å². The standard InChI is InChI=1S/C33H33F3N4O3S/c1-21-30(23-7-4-3-5-8-23)31(21)32(41)40(20-29-37-17-18-39(29)2)25-14-11-22-9-6-10-28(27(22)19-25)38-44(42,43)26-15-12-24(13-16-26)33(34,35)36/h3-5,7-8,11-19,21,28,30-31,38H,6,9-10,20H2,1-2H3/t21-,28-,30+,31-/m1/s1. The molecule has 0 saturated heterocycles. The van der Waals surface area contributed by atoms with Crippen molar-refractivity contribution in [3.63, 3.8) is 0 Å². The van der Waals surface area contributed by atoms with Gasteiger partial charge < -0.3 is 9.47 Å². The van der Waals surface area contributed by atoms with Gasteiger partial charge in [-0.15, -0.1) is 0 Å². The summed E-state index contributed by atoms with van der Waals surface area (Å²) in [6.07, 6.45) is 0.941. The Balaban J connectivity index is 1.31. The van der Waals surface area contributed by atoms with E-state index in [4.69, 9.17) is 0 Å². The molecule has 1 aromatic heterocycles. The van der Waals surface area contributed by atoms with Crippen LogP contribution in [0.25, 0.3) is 0 Å². The van der Waals surface area contributed by atoms with Crippen molar-refractivity contribution in [2.75, 3.05) is 4.90 Å². The van der Waals surface area contributed by atoms with Crippen LogP contribution in [-0.4, -0.2) is 23.9 Å². The number of carbonyl (C=O) groups excluding carboxylic acids is 1. The molecule has 0 unspecified atom stereocenters. The van der Waals surface area contributed by atoms with Gasteiger partial charge in [0.15, 0.2) is 0 Å². The Morgan fingerprint density at radius 2 is 1.80 bits per heavy atom. The number of amides is 1. The molecule has 1 heterocycles. The molecule has 0 radical (unpaired) electrons. The van der Waals surface area contributed by atoms with E-state index in [0.717, 1.165) is 53.8 Å². The highest BCUT2D eigenvalue weighted by Crippen LogP contribution is 2.55. The third-order valence-corrected chi connectivity index (χ3v) is 10.4. The van der Waals surface area contributed by atoms with Gasteiger partial charge in [-0.2, -0.15) is 13.2 Å². The molecule has 1 amide bonds. The van der Waals surface area contributed by atoms with E-state index >= 15 is 0 Å². The monoisotopic (exact) mass is 622 g/mol. The molecule has 0 bridgehead atoms. The van der Waals surface area contributed by atoms with Crippen molar-refractivity contribution in [2.45, 2.75) is 55.8 Å². The van der Waals surface area contributed by atoms with Crippen LogP contribution in [0.15, 0.2) is 90.1 Å². The number of rotatable bonds is 8. The van der Waals surface area contributed by atoms with Crippen LogP contribution in [0.2, 0.25) is 0 Å². The Hall–Kier alpha value is -3.96. The maximum Gasteiger partial charge on any atom is 0.416 e. The number of fused-ring (bicyclic) bond motifs is 1. The number of anilines is 1. The molecule has 0 spiro atoms. The zero-order chi connectivity index (χ0) is 31.2. The third-order valence-electron chi connectivity index (χ3n) is 8.88. The Morgan fingerprint density at radius 1 is 1.07 bits per heavy atom. The fourth-order valence-electron chi connectivity index (χ4n) is 6.35. The number of carbonyl (C=O) groups is 1. The highest BCUT2D eigenvalue weighted by Gasteiger charge is 2.53. The van der Waals surface area contributed by atoms with Crippen molar-refractivity contribution in [3.05, 3.63) is 113 Å². The van der Waals surface area contributed by atoms with Gasteiger partial charge in [0.25, 0.3) is 0 Å². The van der Waals surface area contributed by atoms with Crippen LogP contribution in [-0.2, 0) is 41.0 Å². The van der Waals surface area contributed by atoms with Crippen LogP contribution in [0, 0.1) is 11.8 Å². The summed E-state index contributed by atoms with van der Waals surface area (Å²) in [7, 11) is -2.25. The molecular formula is C33H33F3N4O3S. The van der Waals surface area contributed by atoms with Gasteiger partial charge in [-0.05, 0) is 84.2 Å². The maximum absolute atomic E-state index is 14.2. The van der Waals surface area contributed by atoms with E-state index in [1.807, 2.05) is 66.3 Å². The highest BCUT2D eigenvalue weighted by atomic mass is 32.2. The number of aryl methyl sites for hydroxylation is 2. The first kappa shape index (κ1) is 30.1. The van der Waals surface area contributed by atoms with Crippen molar-refractivity contribution in [1.29, 1.82) is 0 Å². The van der Waals surface area contributed by atoms with E-state index in [1.54, 1.807) is 11.1 Å². The highest BCUT2D eigenvalue weighted by molar-refractivity contribution is 7.89. The van der Waals surface area contributed by atoms with Crippen molar-refractivity contribution >= 4 is 21.6 Å². The smallest absolute Gasteiger partial charge is 0.337 e. The molecule has 1 N–H and O–H groups in total. The van der Waals surface area contributed by atoms with Gasteiger partial charge in [0.2, 0.25) is 15.9 Å². The number of halogens is 3. The molecule has 1 saturated carbocycles. The predicted molar refractivity (Wildman–Crippen MR) is 160 cm³/mol. The SMILES string of the molecule is C[C@H]1[C@@H](C(=O)N(Cc2nccn2C)c2ccc3c(c2)[C@H](NS(=O)(=O)c2ccc(C(F)(F)F)cc2)CCC3)[C@@H]1c1ccccc1. The summed E-state index contributed by atoms with van der Waals surface area (Å²) < 4.78 is 70.3. The fraction of sp³-hybridized carbons (Fsp3) is 0.333. The second kappa shape index (κ2) is 11.5. The van der Waals surface area contributed by atoms with Gasteiger partial charge in [0, 0.05) is 37.1 Å². The number of aromatic nitrogens is 2. The zero-order valence-corrected chi connectivity index (χ0v) is 25.1. The molecule has 2 aliphatic rings. The quantitative estimate of drug-likeness (QED) is 0.247. The lowest BCUT2D eigenvalue weighted by molar-refractivity contribution is -0.137. The summed E-state index contributed by atoms with van der Waals surface area (Å²) in [4.78, 5) is 20.1. The lowest BCUT2D eigenvalue weighted by Gasteiger charge is -2.29. The number of sulfonamides is 1. The molecule has 3 aromatic carbocycles. The second-order valence-electron chi connectivity index (χ2n) is 11.7. The van der Waals surface area contributed by atoms with Gasteiger partial charge in [0.05, 0.1) is 17.0 Å². The van der Waals surface area contributed by atoms with E-state index in [9.17, 15) is 26.4 Å². The molecule has 0 aliphatic heterocycles. The van der Waals surface area contributed by atoms with Crippen molar-refractivity contribution < 1.29 is 26.4 Å².